The first-order chi connectivity index (χ1) is 8.08. The number of rotatable bonds is 2. The molecular formula is C12H14INO3. The predicted molar refractivity (Wildman–Crippen MR) is 72.1 cm³/mol. The molecule has 1 aromatic rings. The zero-order chi connectivity index (χ0) is 12.4. The van der Waals surface area contributed by atoms with Gasteiger partial charge in [-0.3, -0.25) is 4.79 Å². The lowest BCUT2D eigenvalue weighted by molar-refractivity contribution is 0.0864. The second-order valence-electron chi connectivity index (χ2n) is 4.11. The molecular weight excluding hydrogens is 333 g/mol. The number of phenols is 1. The van der Waals surface area contributed by atoms with E-state index in [0.29, 0.717) is 12.2 Å². The Morgan fingerprint density at radius 3 is 3.00 bits per heavy atom. The van der Waals surface area contributed by atoms with Crippen LogP contribution < -0.4 is 5.32 Å². The fourth-order valence-electron chi connectivity index (χ4n) is 1.86. The van der Waals surface area contributed by atoms with Gasteiger partial charge in [0.15, 0.2) is 0 Å². The molecule has 0 bridgehead atoms. The average Bonchev–Trinajstić information content (AvgIpc) is 2.68. The molecule has 0 spiro atoms. The lowest BCUT2D eigenvalue weighted by Gasteiger charge is -2.16. The summed E-state index contributed by atoms with van der Waals surface area (Å²) in [6.07, 6.45) is 0.848. The van der Waals surface area contributed by atoms with Crippen molar-refractivity contribution in [3.8, 4) is 5.75 Å². The first-order valence-corrected chi connectivity index (χ1v) is 6.57. The molecule has 1 aliphatic rings. The topological polar surface area (TPSA) is 58.6 Å². The summed E-state index contributed by atoms with van der Waals surface area (Å²) in [6.45, 7) is 2.61. The van der Waals surface area contributed by atoms with Crippen LogP contribution in [-0.4, -0.2) is 29.8 Å². The minimum atomic E-state index is -0.247. The van der Waals surface area contributed by atoms with Crippen LogP contribution >= 0.6 is 22.6 Å². The zero-order valence-corrected chi connectivity index (χ0v) is 11.6. The highest BCUT2D eigenvalue weighted by atomic mass is 127. The van der Waals surface area contributed by atoms with Gasteiger partial charge in [0.05, 0.1) is 17.7 Å². The smallest absolute Gasteiger partial charge is 0.255 e. The monoisotopic (exact) mass is 347 g/mol. The number of carbonyl (C=O) groups is 1. The number of phenolic OH excluding ortho intramolecular Hbond substituents is 1. The van der Waals surface area contributed by atoms with Crippen LogP contribution in [0.25, 0.3) is 0 Å². The van der Waals surface area contributed by atoms with Crippen molar-refractivity contribution in [1.29, 1.82) is 0 Å². The minimum Gasteiger partial charge on any atom is -0.507 e. The first-order valence-electron chi connectivity index (χ1n) is 5.49. The molecule has 2 rings (SSSR count). The fourth-order valence-corrected chi connectivity index (χ4v) is 2.35. The summed E-state index contributed by atoms with van der Waals surface area (Å²) in [7, 11) is 0. The first kappa shape index (κ1) is 12.6. The minimum absolute atomic E-state index is 0.00878. The number of nitrogens with one attached hydrogen (secondary N) is 1. The highest BCUT2D eigenvalue weighted by Crippen LogP contribution is 2.21. The van der Waals surface area contributed by atoms with Gasteiger partial charge in [0.25, 0.3) is 5.91 Å². The molecule has 1 heterocycles. The lowest BCUT2D eigenvalue weighted by Crippen LogP contribution is -2.39. The summed E-state index contributed by atoms with van der Waals surface area (Å²) < 4.78 is 6.30. The molecule has 1 fully saturated rings. The molecule has 1 aliphatic heterocycles. The molecule has 17 heavy (non-hydrogen) atoms. The van der Waals surface area contributed by atoms with Gasteiger partial charge in [0.2, 0.25) is 0 Å². The third kappa shape index (κ3) is 2.90. The van der Waals surface area contributed by atoms with Crippen LogP contribution in [0.1, 0.15) is 23.7 Å². The highest BCUT2D eigenvalue weighted by Gasteiger charge is 2.26. The Labute approximate surface area is 113 Å². The molecule has 0 aliphatic carbocycles. The Hall–Kier alpha value is -0.820. The van der Waals surface area contributed by atoms with Crippen molar-refractivity contribution in [3.63, 3.8) is 0 Å². The zero-order valence-electron chi connectivity index (χ0n) is 9.44. The van der Waals surface area contributed by atoms with Crippen LogP contribution in [0.3, 0.4) is 0 Å². The Kier molecular flexibility index (Phi) is 3.88. The Morgan fingerprint density at radius 1 is 1.59 bits per heavy atom. The van der Waals surface area contributed by atoms with Crippen LogP contribution in [0, 0.1) is 3.57 Å². The third-order valence-electron chi connectivity index (χ3n) is 2.90. The van der Waals surface area contributed by atoms with E-state index < -0.39 is 0 Å². The fraction of sp³-hybridized carbons (Fsp3) is 0.417. The van der Waals surface area contributed by atoms with Crippen LogP contribution in [0.2, 0.25) is 0 Å². The van der Waals surface area contributed by atoms with E-state index in [1.807, 2.05) is 6.92 Å². The van der Waals surface area contributed by atoms with Crippen LogP contribution in [0.4, 0.5) is 0 Å². The predicted octanol–water partition coefficient (Wildman–Crippen LogP) is 1.90. The quantitative estimate of drug-likeness (QED) is 0.804. The van der Waals surface area contributed by atoms with E-state index in [-0.39, 0.29) is 23.8 Å². The summed E-state index contributed by atoms with van der Waals surface area (Å²) >= 11 is 2.11. The molecule has 5 heteroatoms. The number of amides is 1. The van der Waals surface area contributed by atoms with Crippen molar-refractivity contribution >= 4 is 28.5 Å². The van der Waals surface area contributed by atoms with E-state index in [0.717, 1.165) is 9.99 Å². The molecule has 1 amide bonds. The van der Waals surface area contributed by atoms with Gasteiger partial charge in [-0.05, 0) is 54.1 Å². The Morgan fingerprint density at radius 2 is 2.35 bits per heavy atom. The third-order valence-corrected chi connectivity index (χ3v) is 3.57. The van der Waals surface area contributed by atoms with E-state index in [1.165, 1.54) is 6.07 Å². The molecule has 2 unspecified atom stereocenters. The summed E-state index contributed by atoms with van der Waals surface area (Å²) in [5.74, 6) is -0.238. The van der Waals surface area contributed by atoms with Gasteiger partial charge in [-0.25, -0.2) is 0 Å². The maximum atomic E-state index is 12.0. The lowest BCUT2D eigenvalue weighted by atomic mass is 10.1. The van der Waals surface area contributed by atoms with Gasteiger partial charge in [-0.2, -0.15) is 0 Å². The van der Waals surface area contributed by atoms with Crippen molar-refractivity contribution < 1.29 is 14.6 Å². The number of carbonyl (C=O) groups excluding carboxylic acids is 1. The molecule has 1 saturated heterocycles. The van der Waals surface area contributed by atoms with Crippen molar-refractivity contribution in [2.45, 2.75) is 25.5 Å². The molecule has 1 aromatic carbocycles. The average molecular weight is 347 g/mol. The number of aromatic hydroxyl groups is 1. The summed E-state index contributed by atoms with van der Waals surface area (Å²) in [4.78, 5) is 12.0. The maximum Gasteiger partial charge on any atom is 0.255 e. The molecule has 4 nitrogen and oxygen atoms in total. The number of hydrogen-bond donors (Lipinski definition) is 2. The van der Waals surface area contributed by atoms with E-state index >= 15 is 0 Å². The summed E-state index contributed by atoms with van der Waals surface area (Å²) in [5.41, 5.74) is 0.316. The summed E-state index contributed by atoms with van der Waals surface area (Å²) in [5, 5.41) is 12.5. The Bertz CT molecular complexity index is 436. The molecule has 2 N–H and O–H groups in total. The van der Waals surface area contributed by atoms with Gasteiger partial charge in [0.1, 0.15) is 5.75 Å². The van der Waals surface area contributed by atoms with Crippen LogP contribution in [0.5, 0.6) is 5.75 Å². The normalized spacial score (nSPS) is 23.6. The van der Waals surface area contributed by atoms with Crippen molar-refractivity contribution in [2.75, 3.05) is 6.61 Å². The highest BCUT2D eigenvalue weighted by molar-refractivity contribution is 14.1. The van der Waals surface area contributed by atoms with E-state index in [1.54, 1.807) is 12.1 Å². The van der Waals surface area contributed by atoms with Gasteiger partial charge in [0, 0.05) is 10.2 Å². The largest absolute Gasteiger partial charge is 0.507 e. The Balaban J connectivity index is 2.11. The van der Waals surface area contributed by atoms with Crippen molar-refractivity contribution in [2.24, 2.45) is 0 Å². The van der Waals surface area contributed by atoms with Gasteiger partial charge in [-0.15, -0.1) is 0 Å². The molecule has 2 atom stereocenters. The molecule has 0 aromatic heterocycles. The molecule has 0 saturated carbocycles. The van der Waals surface area contributed by atoms with Crippen molar-refractivity contribution in [1.82, 2.24) is 5.32 Å². The number of halogens is 1. The van der Waals surface area contributed by atoms with E-state index in [2.05, 4.69) is 27.9 Å². The second kappa shape index (κ2) is 5.22. The van der Waals surface area contributed by atoms with Gasteiger partial charge < -0.3 is 15.2 Å². The number of benzene rings is 1. The van der Waals surface area contributed by atoms with Crippen molar-refractivity contribution in [3.05, 3.63) is 27.3 Å². The number of hydrogen-bond acceptors (Lipinski definition) is 3. The van der Waals surface area contributed by atoms with E-state index in [9.17, 15) is 9.90 Å². The maximum absolute atomic E-state index is 12.0. The van der Waals surface area contributed by atoms with Gasteiger partial charge >= 0.3 is 0 Å². The van der Waals surface area contributed by atoms with Crippen LogP contribution in [0.15, 0.2) is 18.2 Å². The SMILES string of the molecule is CC1OCCC1NC(=O)c1cc(I)ccc1O. The van der Waals surface area contributed by atoms with E-state index in [4.69, 9.17) is 4.74 Å². The second-order valence-corrected chi connectivity index (χ2v) is 5.35. The molecule has 92 valence electrons. The number of ether oxygens (including phenoxy) is 1. The standard InChI is InChI=1S/C12H14INO3/c1-7-10(4-5-17-7)14-12(16)9-6-8(13)2-3-11(9)15/h2-3,6-7,10,15H,4-5H2,1H3,(H,14,16). The summed E-state index contributed by atoms with van der Waals surface area (Å²) in [6, 6.07) is 4.99. The molecule has 0 radical (unpaired) electrons. The van der Waals surface area contributed by atoms with Gasteiger partial charge in [-0.1, -0.05) is 0 Å². The van der Waals surface area contributed by atoms with Crippen LogP contribution in [-0.2, 0) is 4.74 Å².